The van der Waals surface area contributed by atoms with Crippen LogP contribution in [0, 0.1) is 29.6 Å². The van der Waals surface area contributed by atoms with Crippen molar-refractivity contribution in [3.8, 4) is 0 Å². The van der Waals surface area contributed by atoms with Gasteiger partial charge in [0.05, 0.1) is 0 Å². The molecule has 0 amide bonds. The van der Waals surface area contributed by atoms with Gasteiger partial charge in [0.1, 0.15) is 0 Å². The fourth-order valence-electron chi connectivity index (χ4n) is 8.70. The second-order valence-electron chi connectivity index (χ2n) is 11.4. The molecular formula is C28H33N. The van der Waals surface area contributed by atoms with Crippen molar-refractivity contribution in [2.75, 3.05) is 5.32 Å². The van der Waals surface area contributed by atoms with Crippen molar-refractivity contribution in [3.63, 3.8) is 0 Å². The van der Waals surface area contributed by atoms with Crippen LogP contribution in [0.15, 0.2) is 48.5 Å². The van der Waals surface area contributed by atoms with E-state index in [2.05, 4.69) is 53.8 Å². The number of nitrogens with one attached hydrogen (secondary N) is 1. The van der Waals surface area contributed by atoms with E-state index < -0.39 is 0 Å². The zero-order valence-corrected chi connectivity index (χ0v) is 17.4. The number of rotatable bonds is 4. The zero-order chi connectivity index (χ0) is 19.0. The molecule has 150 valence electrons. The maximum Gasteiger partial charge on any atom is 0.0384 e. The topological polar surface area (TPSA) is 12.0 Å². The summed E-state index contributed by atoms with van der Waals surface area (Å²) in [6.45, 7) is 0. The Hall–Kier alpha value is -1.76. The number of hydrogen-bond acceptors (Lipinski definition) is 1. The standard InChI is InChI=1S/C28H33N/c1-2-21-11-18(1)14-27(21)20-3-7-25(8-4-20)29-26-9-5-24(6-10-26)28-15-19-12-22(16-28)23(13-19)17-28/h3-10,18-19,21-23,27,29H,1-2,11-17H2. The highest BCUT2D eigenvalue weighted by Crippen LogP contribution is 2.64. The van der Waals surface area contributed by atoms with Gasteiger partial charge in [-0.25, -0.2) is 0 Å². The van der Waals surface area contributed by atoms with Crippen molar-refractivity contribution in [2.24, 2.45) is 29.6 Å². The predicted molar refractivity (Wildman–Crippen MR) is 120 cm³/mol. The van der Waals surface area contributed by atoms with E-state index in [-0.39, 0.29) is 0 Å². The van der Waals surface area contributed by atoms with Crippen LogP contribution in [0.4, 0.5) is 11.4 Å². The fraction of sp³-hybridized carbons (Fsp3) is 0.571. The molecule has 1 heteroatoms. The van der Waals surface area contributed by atoms with Crippen LogP contribution in [0.3, 0.4) is 0 Å². The maximum atomic E-state index is 3.64. The summed E-state index contributed by atoms with van der Waals surface area (Å²) in [4.78, 5) is 0. The zero-order valence-electron chi connectivity index (χ0n) is 17.4. The fourth-order valence-corrected chi connectivity index (χ4v) is 8.70. The molecule has 6 bridgehead atoms. The first-order chi connectivity index (χ1) is 14.2. The van der Waals surface area contributed by atoms with Crippen LogP contribution in [-0.2, 0) is 5.41 Å². The Morgan fingerprint density at radius 1 is 0.621 bits per heavy atom. The number of anilines is 2. The van der Waals surface area contributed by atoms with E-state index in [0.717, 1.165) is 35.5 Å². The van der Waals surface area contributed by atoms with E-state index in [4.69, 9.17) is 0 Å². The van der Waals surface area contributed by atoms with E-state index >= 15 is 0 Å². The lowest BCUT2D eigenvalue weighted by molar-refractivity contribution is 0.229. The van der Waals surface area contributed by atoms with Gasteiger partial charge in [-0.05, 0) is 128 Å². The van der Waals surface area contributed by atoms with Gasteiger partial charge >= 0.3 is 0 Å². The van der Waals surface area contributed by atoms with Gasteiger partial charge < -0.3 is 5.32 Å². The lowest BCUT2D eigenvalue weighted by Crippen LogP contribution is -2.31. The molecule has 2 aromatic carbocycles. The maximum absolute atomic E-state index is 3.64. The average Bonchev–Trinajstić information content (AvgIpc) is 3.49. The molecule has 0 saturated heterocycles. The summed E-state index contributed by atoms with van der Waals surface area (Å²) in [5.41, 5.74) is 6.17. The van der Waals surface area contributed by atoms with Crippen molar-refractivity contribution in [2.45, 2.75) is 69.1 Å². The summed E-state index contributed by atoms with van der Waals surface area (Å²) in [7, 11) is 0. The van der Waals surface area contributed by atoms with Crippen molar-refractivity contribution < 1.29 is 0 Å². The molecule has 1 N–H and O–H groups in total. The van der Waals surface area contributed by atoms with E-state index in [1.807, 2.05) is 0 Å². The third kappa shape index (κ3) is 2.65. The van der Waals surface area contributed by atoms with Crippen LogP contribution in [0.5, 0.6) is 0 Å². The minimum atomic E-state index is 0.525. The summed E-state index contributed by atoms with van der Waals surface area (Å²) in [6, 6.07) is 18.9. The van der Waals surface area contributed by atoms with Crippen LogP contribution in [0.1, 0.15) is 74.8 Å². The summed E-state index contributed by atoms with van der Waals surface area (Å²) in [6.07, 6.45) is 13.3. The van der Waals surface area contributed by atoms with Crippen LogP contribution >= 0.6 is 0 Å². The molecule has 0 heterocycles. The number of benzene rings is 2. The highest BCUT2D eigenvalue weighted by molar-refractivity contribution is 5.60. The van der Waals surface area contributed by atoms with Gasteiger partial charge in [-0.3, -0.25) is 0 Å². The Labute approximate surface area is 175 Å². The Bertz CT molecular complexity index is 891. The summed E-state index contributed by atoms with van der Waals surface area (Å²) in [5, 5.41) is 3.64. The molecule has 6 fully saturated rings. The number of fused-ring (bicyclic) bond motifs is 2. The Kier molecular flexibility index (Phi) is 3.59. The van der Waals surface area contributed by atoms with Crippen molar-refractivity contribution >= 4 is 11.4 Å². The van der Waals surface area contributed by atoms with Crippen molar-refractivity contribution in [1.82, 2.24) is 0 Å². The first-order valence-electron chi connectivity index (χ1n) is 12.2. The van der Waals surface area contributed by atoms with Crippen molar-refractivity contribution in [3.05, 3.63) is 59.7 Å². The smallest absolute Gasteiger partial charge is 0.0384 e. The van der Waals surface area contributed by atoms with Gasteiger partial charge in [0.15, 0.2) is 0 Å². The third-order valence-electron chi connectivity index (χ3n) is 9.79. The quantitative estimate of drug-likeness (QED) is 0.579. The minimum Gasteiger partial charge on any atom is -0.356 e. The minimum absolute atomic E-state index is 0.525. The molecule has 5 unspecified atom stereocenters. The van der Waals surface area contributed by atoms with Crippen LogP contribution < -0.4 is 5.32 Å². The van der Waals surface area contributed by atoms with Crippen LogP contribution in [0.25, 0.3) is 0 Å². The first kappa shape index (κ1) is 17.0. The summed E-state index contributed by atoms with van der Waals surface area (Å²) in [5.74, 6) is 5.93. The SMILES string of the molecule is c1cc(C2CC3CCC2C3)ccc1Nc1ccc(C23CC4CC(C2)C(C4)C3)cc1. The Morgan fingerprint density at radius 3 is 1.86 bits per heavy atom. The lowest BCUT2D eigenvalue weighted by atomic mass is 9.66. The lowest BCUT2D eigenvalue weighted by Gasteiger charge is -2.39. The third-order valence-corrected chi connectivity index (χ3v) is 9.79. The Morgan fingerprint density at radius 2 is 1.28 bits per heavy atom. The van der Waals surface area contributed by atoms with Gasteiger partial charge in [0, 0.05) is 11.4 Å². The summed E-state index contributed by atoms with van der Waals surface area (Å²) >= 11 is 0. The first-order valence-corrected chi connectivity index (χ1v) is 12.2. The van der Waals surface area contributed by atoms with Gasteiger partial charge in [-0.2, -0.15) is 0 Å². The molecule has 2 aromatic rings. The molecule has 0 aliphatic heterocycles. The van der Waals surface area contributed by atoms with Crippen LogP contribution in [0.2, 0.25) is 0 Å². The molecule has 0 radical (unpaired) electrons. The van der Waals surface area contributed by atoms with Gasteiger partial charge in [0.25, 0.3) is 0 Å². The molecule has 6 aliphatic carbocycles. The second kappa shape index (κ2) is 6.13. The predicted octanol–water partition coefficient (Wildman–Crippen LogP) is 7.41. The molecule has 5 atom stereocenters. The van der Waals surface area contributed by atoms with Gasteiger partial charge in [0.2, 0.25) is 0 Å². The molecule has 0 spiro atoms. The summed E-state index contributed by atoms with van der Waals surface area (Å²) < 4.78 is 0. The Balaban J connectivity index is 1.06. The largest absolute Gasteiger partial charge is 0.356 e. The average molecular weight is 384 g/mol. The van der Waals surface area contributed by atoms with E-state index in [9.17, 15) is 0 Å². The molecule has 1 nitrogen and oxygen atoms in total. The van der Waals surface area contributed by atoms with Gasteiger partial charge in [-0.1, -0.05) is 30.7 Å². The molecule has 8 rings (SSSR count). The van der Waals surface area contributed by atoms with Gasteiger partial charge in [-0.15, -0.1) is 0 Å². The molecular weight excluding hydrogens is 350 g/mol. The molecule has 29 heavy (non-hydrogen) atoms. The number of hydrogen-bond donors (Lipinski definition) is 1. The highest BCUT2D eigenvalue weighted by atomic mass is 14.9. The van der Waals surface area contributed by atoms with Crippen molar-refractivity contribution in [1.29, 1.82) is 0 Å². The second-order valence-corrected chi connectivity index (χ2v) is 11.4. The van der Waals surface area contributed by atoms with E-state index in [1.54, 1.807) is 11.1 Å². The van der Waals surface area contributed by atoms with Crippen LogP contribution in [-0.4, -0.2) is 0 Å². The highest BCUT2D eigenvalue weighted by Gasteiger charge is 2.56. The molecule has 6 aliphatic rings. The normalized spacial score (nSPS) is 41.4. The molecule has 6 saturated carbocycles. The van der Waals surface area contributed by atoms with E-state index in [1.165, 1.54) is 69.2 Å². The van der Waals surface area contributed by atoms with E-state index in [0.29, 0.717) is 5.41 Å². The molecule has 0 aromatic heterocycles. The monoisotopic (exact) mass is 383 g/mol.